The maximum absolute atomic E-state index is 11.1. The summed E-state index contributed by atoms with van der Waals surface area (Å²) in [6, 6.07) is 28.6. The molecule has 0 aliphatic heterocycles. The maximum Gasteiger partial charge on any atom is 0.313 e. The molecular weight excluding hydrogens is 610 g/mol. The Bertz CT molecular complexity index is 1470. The van der Waals surface area contributed by atoms with Crippen LogP contribution in [-0.4, -0.2) is 24.4 Å². The fraction of sp³-hybridized carbons (Fsp3) is 0.200. The third-order valence-electron chi connectivity index (χ3n) is 6.48. The second-order valence-corrected chi connectivity index (χ2v) is 15.9. The third kappa shape index (κ3) is 7.78. The Morgan fingerprint density at radius 2 is 0.929 bits per heavy atom. The van der Waals surface area contributed by atoms with Gasteiger partial charge >= 0.3 is 13.3 Å². The quantitative estimate of drug-likeness (QED) is 0.107. The van der Waals surface area contributed by atoms with Gasteiger partial charge in [0.05, 0.1) is 11.1 Å². The molecule has 4 aromatic carbocycles. The summed E-state index contributed by atoms with van der Waals surface area (Å²) in [5, 5.41) is 28.7. The van der Waals surface area contributed by atoms with Crippen LogP contribution in [0.2, 0.25) is 0 Å². The number of rotatable bonds is 13. The smallest absolute Gasteiger partial charge is 0.313 e. The lowest BCUT2D eigenvalue weighted by molar-refractivity contribution is 0.371. The van der Waals surface area contributed by atoms with Crippen molar-refractivity contribution in [2.24, 2.45) is 0 Å². The predicted molar refractivity (Wildman–Crippen MR) is 175 cm³/mol. The van der Waals surface area contributed by atoms with Crippen molar-refractivity contribution in [3.63, 3.8) is 0 Å². The highest BCUT2D eigenvalue weighted by molar-refractivity contribution is 8.09. The molecule has 4 N–H and O–H groups in total. The molecular formula is C30H34N2O6P2S2. The van der Waals surface area contributed by atoms with Gasteiger partial charge in [0.2, 0.25) is 0 Å². The van der Waals surface area contributed by atoms with Crippen LogP contribution in [0.4, 0.5) is 0 Å². The number of nitrogens with one attached hydrogen (secondary N) is 2. The molecule has 0 spiro atoms. The van der Waals surface area contributed by atoms with Gasteiger partial charge in [0.1, 0.15) is 23.0 Å². The molecule has 4 atom stereocenters. The Balaban J connectivity index is 1.70. The zero-order valence-electron chi connectivity index (χ0n) is 23.6. The largest absolute Gasteiger partial charge is 0.507 e. The van der Waals surface area contributed by atoms with Crippen LogP contribution in [0.15, 0.2) is 97.1 Å². The van der Waals surface area contributed by atoms with Gasteiger partial charge in [-0.1, -0.05) is 72.8 Å². The molecule has 4 rings (SSSR count). The van der Waals surface area contributed by atoms with E-state index in [0.717, 1.165) is 11.1 Å². The predicted octanol–water partition coefficient (Wildman–Crippen LogP) is 7.97. The molecule has 0 saturated heterocycles. The summed E-state index contributed by atoms with van der Waals surface area (Å²) in [6.45, 7) is -2.37. The molecule has 0 aliphatic rings. The van der Waals surface area contributed by atoms with Crippen LogP contribution in [0, 0.1) is 0 Å². The van der Waals surface area contributed by atoms with Gasteiger partial charge in [-0.05, 0) is 72.9 Å². The van der Waals surface area contributed by atoms with E-state index in [9.17, 15) is 10.2 Å². The zero-order valence-corrected chi connectivity index (χ0v) is 27.1. The van der Waals surface area contributed by atoms with Crippen molar-refractivity contribution >= 4 is 36.9 Å². The molecule has 0 saturated carbocycles. The summed E-state index contributed by atoms with van der Waals surface area (Å²) in [6.07, 6.45) is 0. The number of hydrogen-bond donors (Lipinski definition) is 4. The van der Waals surface area contributed by atoms with E-state index < -0.39 is 13.3 Å². The molecule has 42 heavy (non-hydrogen) atoms. The van der Waals surface area contributed by atoms with Crippen LogP contribution in [-0.2, 0) is 32.7 Å². The SMILES string of the molecule is COP(=S)(N[C@@H](C)c1ccccc1)Oc1cccc(O)c1-c1c(O)cccc1OP(=S)(N[C@@H](C)c1ccccc1)OC. The molecule has 0 aromatic heterocycles. The minimum Gasteiger partial charge on any atom is -0.507 e. The fourth-order valence-corrected chi connectivity index (χ4v) is 8.26. The number of phenolic OH excluding ortho intramolecular Hbond substituents is 2. The number of phenols is 2. The second kappa shape index (κ2) is 14.1. The van der Waals surface area contributed by atoms with E-state index in [1.54, 1.807) is 24.3 Å². The van der Waals surface area contributed by atoms with Gasteiger partial charge in [-0.2, -0.15) is 0 Å². The Hall–Kier alpha value is -2.78. The molecule has 0 bridgehead atoms. The van der Waals surface area contributed by atoms with Gasteiger partial charge in [-0.25, -0.2) is 10.2 Å². The Morgan fingerprint density at radius 3 is 1.26 bits per heavy atom. The van der Waals surface area contributed by atoms with Crippen LogP contribution >= 0.6 is 13.3 Å². The molecule has 2 unspecified atom stereocenters. The fourth-order valence-electron chi connectivity index (χ4n) is 4.29. The first kappa shape index (κ1) is 32.1. The van der Waals surface area contributed by atoms with Gasteiger partial charge in [0.25, 0.3) is 0 Å². The second-order valence-electron chi connectivity index (χ2n) is 9.37. The number of benzene rings is 4. The maximum atomic E-state index is 11.1. The van der Waals surface area contributed by atoms with Crippen LogP contribution < -0.4 is 19.2 Å². The van der Waals surface area contributed by atoms with Gasteiger partial charge in [-0.15, -0.1) is 0 Å². The molecule has 222 valence electrons. The molecule has 0 heterocycles. The molecule has 0 radical (unpaired) electrons. The van der Waals surface area contributed by atoms with Gasteiger partial charge in [0, 0.05) is 26.3 Å². The van der Waals surface area contributed by atoms with Crippen LogP contribution in [0.1, 0.15) is 37.1 Å². The van der Waals surface area contributed by atoms with Crippen molar-refractivity contribution in [2.75, 3.05) is 14.2 Å². The Labute approximate surface area is 257 Å². The van der Waals surface area contributed by atoms with Crippen LogP contribution in [0.3, 0.4) is 0 Å². The minimum absolute atomic E-state index is 0.163. The minimum atomic E-state index is -3.14. The standard InChI is InChI=1S/C30H34N2O6P2S2/c1-21(23-13-7-5-8-14-23)31-39(41,35-3)37-27-19-11-17-25(33)29(27)30-26(34)18-12-20-28(30)38-40(42,36-4)32-22(2)24-15-9-6-10-16-24/h5-22,33-34H,1-4H3,(H,31,41)(H,32,42)/t21-,22-,39?,40?/m0/s1. The summed E-state index contributed by atoms with van der Waals surface area (Å²) >= 11 is 11.6. The van der Waals surface area contributed by atoms with Crippen molar-refractivity contribution in [3.05, 3.63) is 108 Å². The highest BCUT2D eigenvalue weighted by Gasteiger charge is 2.30. The number of aromatic hydroxyl groups is 2. The van der Waals surface area contributed by atoms with Gasteiger partial charge < -0.3 is 28.3 Å². The van der Waals surface area contributed by atoms with Gasteiger partial charge in [-0.3, -0.25) is 0 Å². The summed E-state index contributed by atoms with van der Waals surface area (Å²) < 4.78 is 24.0. The van der Waals surface area contributed by atoms with E-state index in [1.165, 1.54) is 26.4 Å². The van der Waals surface area contributed by atoms with E-state index in [2.05, 4.69) is 10.2 Å². The highest BCUT2D eigenvalue weighted by atomic mass is 32.5. The van der Waals surface area contributed by atoms with E-state index in [4.69, 9.17) is 41.7 Å². The molecule has 12 heteroatoms. The summed E-state index contributed by atoms with van der Waals surface area (Å²) in [5.41, 5.74) is 2.34. The normalized spacial score (nSPS) is 15.6. The van der Waals surface area contributed by atoms with Crippen LogP contribution in [0.25, 0.3) is 11.1 Å². The highest BCUT2D eigenvalue weighted by Crippen LogP contribution is 2.56. The first-order valence-electron chi connectivity index (χ1n) is 13.1. The van der Waals surface area contributed by atoms with E-state index in [0.29, 0.717) is 0 Å². The average molecular weight is 645 g/mol. The molecule has 8 nitrogen and oxygen atoms in total. The van der Waals surface area contributed by atoms with Crippen molar-refractivity contribution in [2.45, 2.75) is 25.9 Å². The summed E-state index contributed by atoms with van der Waals surface area (Å²) in [4.78, 5) is 0. The average Bonchev–Trinajstić information content (AvgIpc) is 2.99. The van der Waals surface area contributed by atoms with Crippen molar-refractivity contribution in [1.82, 2.24) is 10.2 Å². The topological polar surface area (TPSA) is 101 Å². The molecule has 0 fully saturated rings. The van der Waals surface area contributed by atoms with Crippen molar-refractivity contribution < 1.29 is 28.3 Å². The number of hydrogen-bond acceptors (Lipinski definition) is 8. The lowest BCUT2D eigenvalue weighted by atomic mass is 10.0. The van der Waals surface area contributed by atoms with Gasteiger partial charge in [0.15, 0.2) is 0 Å². The molecule has 0 aliphatic carbocycles. The summed E-state index contributed by atoms with van der Waals surface area (Å²) in [7, 11) is 2.94. The monoisotopic (exact) mass is 644 g/mol. The first-order valence-corrected chi connectivity index (χ1v) is 18.4. The Kier molecular flexibility index (Phi) is 10.8. The Morgan fingerprint density at radius 1 is 0.571 bits per heavy atom. The third-order valence-corrected chi connectivity index (χ3v) is 11.7. The zero-order chi connectivity index (χ0) is 30.3. The van der Waals surface area contributed by atoms with Crippen LogP contribution in [0.5, 0.6) is 23.0 Å². The first-order chi connectivity index (χ1) is 20.1. The van der Waals surface area contributed by atoms with Crippen molar-refractivity contribution in [3.8, 4) is 34.1 Å². The molecule has 0 amide bonds. The molecule has 4 aromatic rings. The lowest BCUT2D eigenvalue weighted by Crippen LogP contribution is -2.20. The van der Waals surface area contributed by atoms with E-state index in [-0.39, 0.29) is 46.2 Å². The van der Waals surface area contributed by atoms with Crippen molar-refractivity contribution in [1.29, 1.82) is 0 Å². The lowest BCUT2D eigenvalue weighted by Gasteiger charge is -2.28. The van der Waals surface area contributed by atoms with E-state index in [1.807, 2.05) is 74.5 Å². The van der Waals surface area contributed by atoms with E-state index >= 15 is 0 Å². The summed E-state index contributed by atoms with van der Waals surface area (Å²) in [5.74, 6) is 0.0548.